The second-order valence-corrected chi connectivity index (χ2v) is 41.4. The first kappa shape index (κ1) is 121. The Bertz CT molecular complexity index is 4560. The van der Waals surface area contributed by atoms with E-state index in [1.807, 2.05) is 6.07 Å². The van der Waals surface area contributed by atoms with E-state index >= 15 is 0 Å². The number of H-pyrrole nitrogens is 2. The zero-order chi connectivity index (χ0) is 101. The van der Waals surface area contributed by atoms with Gasteiger partial charge in [0.25, 0.3) is 0 Å². The molecule has 0 atom stereocenters. The Morgan fingerprint density at radius 2 is 0.410 bits per heavy atom. The Hall–Kier alpha value is -6.88. The number of aromatic nitrogens is 8. The van der Waals surface area contributed by atoms with Gasteiger partial charge in [0.15, 0.2) is 23.3 Å². The van der Waals surface area contributed by atoms with Gasteiger partial charge in [-0.3, -0.25) is 0 Å². The topological polar surface area (TPSA) is 220 Å². The molecule has 0 unspecified atom stereocenters. The first-order chi connectivity index (χ1) is 71.4. The SMILES string of the molecule is CCCCCCCCCCCCCc1cc2c(cc1OCCCCCCCCCCCC)-c1nc-2nc2[nH]c(nc3nc(nc4[nH]c(n1)c1cc(OCCOCCOCCOCCOCCOCCOCCOCCOC)ccc41)-c1cc(CCCCCCCCCCCCC)c(OCCCCCCCCCCCC)cc1-3)c1cc(OCCCCCCCCCCCC)c(CCCCCCCCCCCCC)cc21. The van der Waals surface area contributed by atoms with Crippen LogP contribution in [-0.4, -0.2) is 173 Å². The summed E-state index contributed by atoms with van der Waals surface area (Å²) in [6.45, 7) is 23.4. The molecule has 0 radical (unpaired) electrons. The van der Waals surface area contributed by atoms with Crippen LogP contribution in [0.4, 0.5) is 0 Å². The summed E-state index contributed by atoms with van der Waals surface area (Å²) >= 11 is 0. The number of aryl methyl sites for hydroxylation is 3. The summed E-state index contributed by atoms with van der Waals surface area (Å²) in [6, 6.07) is 20.1. The highest BCUT2D eigenvalue weighted by atomic mass is 16.6. The summed E-state index contributed by atoms with van der Waals surface area (Å²) in [7, 11) is 1.66. The van der Waals surface area contributed by atoms with E-state index < -0.39 is 0 Å². The zero-order valence-corrected chi connectivity index (χ0v) is 92.4. The highest BCUT2D eigenvalue weighted by molar-refractivity contribution is 6.07. The Labute approximate surface area is 873 Å². The van der Waals surface area contributed by atoms with Gasteiger partial charge in [0.1, 0.15) is 52.2 Å². The van der Waals surface area contributed by atoms with E-state index in [0.29, 0.717) is 177 Å². The molecule has 4 aromatic carbocycles. The van der Waals surface area contributed by atoms with Crippen LogP contribution in [0.25, 0.3) is 89.7 Å². The van der Waals surface area contributed by atoms with E-state index in [4.69, 9.17) is 86.7 Å². The van der Waals surface area contributed by atoms with Gasteiger partial charge in [-0.25, -0.2) is 29.9 Å². The molecular weight excluding hydrogens is 1790 g/mol. The van der Waals surface area contributed by atoms with Crippen molar-refractivity contribution >= 4 is 44.1 Å². The van der Waals surface area contributed by atoms with Crippen molar-refractivity contribution in [2.45, 2.75) is 465 Å². The van der Waals surface area contributed by atoms with E-state index in [2.05, 4.69) is 100 Å². The fraction of sp³-hybridized carbons (Fsp3) is 0.742. The van der Waals surface area contributed by atoms with E-state index in [0.717, 1.165) is 138 Å². The van der Waals surface area contributed by atoms with Crippen molar-refractivity contribution in [2.75, 3.05) is 133 Å². The Balaban J connectivity index is 1.11. The van der Waals surface area contributed by atoms with Crippen molar-refractivity contribution in [3.05, 3.63) is 71.3 Å². The lowest BCUT2D eigenvalue weighted by molar-refractivity contribution is -0.0227. The van der Waals surface area contributed by atoms with Crippen LogP contribution in [0.1, 0.15) is 463 Å². The highest BCUT2D eigenvalue weighted by Gasteiger charge is 2.28. The van der Waals surface area contributed by atoms with Crippen LogP contribution in [0.2, 0.25) is 0 Å². The van der Waals surface area contributed by atoms with Crippen LogP contribution in [0.15, 0.2) is 54.6 Å². The zero-order valence-electron chi connectivity index (χ0n) is 92.4. The predicted octanol–water partition coefficient (Wildman–Crippen LogP) is 34.5. The average molecular weight is 2000 g/mol. The Morgan fingerprint density at radius 3 is 0.694 bits per heavy atom. The molecule has 20 nitrogen and oxygen atoms in total. The quantitative estimate of drug-likeness (QED) is 0.0338. The maximum atomic E-state index is 7.20. The minimum atomic E-state index is 0.321. The number of unbranched alkanes of at least 4 members (excludes halogenated alkanes) is 57. The molecule has 0 saturated heterocycles. The molecule has 7 aromatic rings. The van der Waals surface area contributed by atoms with Crippen molar-refractivity contribution in [1.29, 1.82) is 0 Å². The molecule has 9 rings (SSSR count). The molecular formula is C124H202N8O12. The monoisotopic (exact) mass is 2000 g/mol. The number of hydrogen-bond acceptors (Lipinski definition) is 18. The standard InChI is InChI=1S/C124H202N8O12/c1-8-14-20-26-32-38-44-47-53-59-65-71-102-95-107-111(99-114(102)142-76-68-62-56-50-41-35-29-23-17-11-4)123-128-118(107)125-117-106-75-74-105(141-94-93-140-92-91-139-90-89-138-88-87-137-86-85-136-84-83-135-82-81-134-80-79-133-7)98-110(106)121(126-117)131-122-112-100-115(143-77-69-63-57-51-42-36-30-24-18-12-5)103(72-66-60-54-48-45-39-33-27-21-15-9-2)96-108(112)119(129-122)127-120-109-97-104(73-67-61-55-49-46-40-34-28-22-16-10-3)116(101-113(109)124(130-120)132-123)144-78-70-64-58-52-43-37-31-25-19-13-6/h74-75,95-101H,8-73,76-94H2,1-7H3,(H2,125,126,127,128,129,130,131,132). The third-order valence-corrected chi connectivity index (χ3v) is 28.9. The number of aromatic amines is 2. The molecule has 20 heteroatoms. The maximum absolute atomic E-state index is 7.20. The number of ether oxygens (including phenoxy) is 12. The smallest absolute Gasteiger partial charge is 0.164 e. The van der Waals surface area contributed by atoms with E-state index in [1.54, 1.807) is 7.11 Å². The van der Waals surface area contributed by atoms with Crippen molar-refractivity contribution in [3.8, 4) is 68.5 Å². The summed E-state index contributed by atoms with van der Waals surface area (Å²) in [6.07, 6.45) is 82.9. The number of nitrogens with zero attached hydrogens (tertiary/aromatic N) is 6. The molecule has 0 amide bonds. The van der Waals surface area contributed by atoms with Crippen molar-refractivity contribution < 1.29 is 56.8 Å². The van der Waals surface area contributed by atoms with Crippen molar-refractivity contribution in [2.24, 2.45) is 0 Å². The van der Waals surface area contributed by atoms with Gasteiger partial charge >= 0.3 is 0 Å². The van der Waals surface area contributed by atoms with Crippen molar-refractivity contribution in [3.63, 3.8) is 0 Å². The van der Waals surface area contributed by atoms with Gasteiger partial charge in [0.05, 0.1) is 119 Å². The predicted molar refractivity (Wildman–Crippen MR) is 602 cm³/mol. The fourth-order valence-corrected chi connectivity index (χ4v) is 20.1. The molecule has 0 saturated carbocycles. The summed E-state index contributed by atoms with van der Waals surface area (Å²) in [5, 5.41) is 3.61. The van der Waals surface area contributed by atoms with Crippen LogP contribution in [0, 0.1) is 0 Å². The summed E-state index contributed by atoms with van der Waals surface area (Å²) in [5.41, 5.74) is 9.79. The summed E-state index contributed by atoms with van der Waals surface area (Å²) < 4.78 is 73.3. The molecule has 2 aliphatic heterocycles. The normalized spacial score (nSPS) is 11.9. The van der Waals surface area contributed by atoms with Gasteiger partial charge in [0.2, 0.25) is 0 Å². The molecule has 0 fully saturated rings. The summed E-state index contributed by atoms with van der Waals surface area (Å²) in [4.78, 5) is 42.4. The Kier molecular flexibility index (Phi) is 67.1. The lowest BCUT2D eigenvalue weighted by atomic mass is 9.98. The van der Waals surface area contributed by atoms with Crippen LogP contribution in [0.5, 0.6) is 23.0 Å². The number of nitrogens with one attached hydrogen (secondary N) is 2. The molecule has 0 spiro atoms. The molecule has 3 aromatic heterocycles. The molecule has 2 aliphatic rings. The van der Waals surface area contributed by atoms with Crippen LogP contribution < -0.4 is 18.9 Å². The third-order valence-electron chi connectivity index (χ3n) is 28.9. The van der Waals surface area contributed by atoms with E-state index in [-0.39, 0.29) is 0 Å². The van der Waals surface area contributed by atoms with Crippen LogP contribution in [-0.2, 0) is 57.2 Å². The minimum absolute atomic E-state index is 0.321. The van der Waals surface area contributed by atoms with Gasteiger partial charge in [0, 0.05) is 50.9 Å². The number of fused-ring (bicyclic) bond motifs is 20. The lowest BCUT2D eigenvalue weighted by Gasteiger charge is -2.14. The first-order valence-corrected chi connectivity index (χ1v) is 59.9. The molecule has 5 heterocycles. The maximum Gasteiger partial charge on any atom is 0.164 e. The molecule has 8 bridgehead atoms. The third kappa shape index (κ3) is 49.3. The average Bonchev–Trinajstić information content (AvgIpc) is 1.59. The number of methoxy groups -OCH3 is 1. The first-order valence-electron chi connectivity index (χ1n) is 59.9. The molecule has 2 N–H and O–H groups in total. The minimum Gasteiger partial charge on any atom is -0.493 e. The van der Waals surface area contributed by atoms with Gasteiger partial charge in [-0.15, -0.1) is 0 Å². The Morgan fingerprint density at radius 1 is 0.188 bits per heavy atom. The second kappa shape index (κ2) is 80.1. The fourth-order valence-electron chi connectivity index (χ4n) is 20.1. The van der Waals surface area contributed by atoms with Crippen LogP contribution in [0.3, 0.4) is 0 Å². The molecule has 144 heavy (non-hydrogen) atoms. The second-order valence-electron chi connectivity index (χ2n) is 41.4. The number of benzene rings is 4. The molecule has 0 aliphatic carbocycles. The summed E-state index contributed by atoms with van der Waals surface area (Å²) in [5.74, 6) is 5.71. The lowest BCUT2D eigenvalue weighted by Crippen LogP contribution is -2.15. The van der Waals surface area contributed by atoms with Gasteiger partial charge < -0.3 is 66.8 Å². The number of rotatable bonds is 97. The van der Waals surface area contributed by atoms with Crippen LogP contribution >= 0.6 is 0 Å². The van der Waals surface area contributed by atoms with Gasteiger partial charge in [-0.05, 0) is 129 Å². The largest absolute Gasteiger partial charge is 0.493 e. The highest BCUT2D eigenvalue weighted by Crippen LogP contribution is 2.44. The van der Waals surface area contributed by atoms with Gasteiger partial charge in [-0.1, -0.05) is 408 Å². The van der Waals surface area contributed by atoms with Crippen molar-refractivity contribution in [1.82, 2.24) is 39.9 Å². The van der Waals surface area contributed by atoms with Gasteiger partial charge in [-0.2, -0.15) is 0 Å². The molecule has 810 valence electrons. The number of hydrogen-bond donors (Lipinski definition) is 2. The van der Waals surface area contributed by atoms with E-state index in [1.165, 1.54) is 363 Å². The van der Waals surface area contributed by atoms with E-state index in [9.17, 15) is 0 Å².